The fraction of sp³-hybridized carbons (Fsp3) is 0.429. The number of carboxylic acids is 2. The van der Waals surface area contributed by atoms with Crippen LogP contribution in [-0.2, 0) is 0 Å². The van der Waals surface area contributed by atoms with Crippen LogP contribution in [0.1, 0.15) is 53.3 Å². The highest BCUT2D eigenvalue weighted by atomic mass is 16.5. The second-order valence-electron chi connectivity index (χ2n) is 4.17. The molecule has 4 N–H and O–H groups in total. The van der Waals surface area contributed by atoms with Crippen LogP contribution in [0.25, 0.3) is 0 Å². The Bertz CT molecular complexity index is 398. The van der Waals surface area contributed by atoms with E-state index in [9.17, 15) is 9.59 Å². The molecule has 0 spiro atoms. The summed E-state index contributed by atoms with van der Waals surface area (Å²) < 4.78 is 0. The minimum Gasteiger partial charge on any atom is -0.478 e. The Kier molecular flexibility index (Phi) is 8.98. The van der Waals surface area contributed by atoms with Crippen molar-refractivity contribution in [3.05, 3.63) is 35.4 Å². The number of unbranched alkanes of at least 4 members (excludes halogenated alkanes) is 2. The standard InChI is InChI=1S/C8H6O4.C6H14O2/c9-7(10)5-2-1-3-6(4-5)8(11)12;1-2-3-4-5-6(7)8/h1-4H,(H,9,10)(H,11,12);6-8H,2-5H2,1H3. The van der Waals surface area contributed by atoms with Gasteiger partial charge in [0.2, 0.25) is 0 Å². The fourth-order valence-electron chi connectivity index (χ4n) is 1.36. The summed E-state index contributed by atoms with van der Waals surface area (Å²) in [6.45, 7) is 2.09. The molecule has 0 unspecified atom stereocenters. The maximum Gasteiger partial charge on any atom is 0.335 e. The van der Waals surface area contributed by atoms with Crippen molar-refractivity contribution < 1.29 is 30.0 Å². The van der Waals surface area contributed by atoms with Crippen molar-refractivity contribution in [2.24, 2.45) is 0 Å². The highest BCUT2D eigenvalue weighted by molar-refractivity contribution is 5.93. The van der Waals surface area contributed by atoms with Crippen molar-refractivity contribution >= 4 is 11.9 Å². The van der Waals surface area contributed by atoms with Gasteiger partial charge in [0.05, 0.1) is 11.1 Å². The lowest BCUT2D eigenvalue weighted by molar-refractivity contribution is -0.0465. The topological polar surface area (TPSA) is 115 Å². The molecule has 0 aromatic heterocycles. The Morgan fingerprint density at radius 1 is 1.05 bits per heavy atom. The molecule has 0 heterocycles. The number of carboxylic acid groups (broad SMARTS) is 2. The number of benzene rings is 1. The van der Waals surface area contributed by atoms with Crippen molar-refractivity contribution in [3.63, 3.8) is 0 Å². The quantitative estimate of drug-likeness (QED) is 0.469. The molecule has 0 bridgehead atoms. The first-order valence-corrected chi connectivity index (χ1v) is 6.31. The molecule has 1 aromatic rings. The predicted octanol–water partition coefficient (Wildman–Crippen LogP) is 1.96. The summed E-state index contributed by atoms with van der Waals surface area (Å²) in [5.74, 6) is -2.25. The molecule has 0 radical (unpaired) electrons. The molecular weight excluding hydrogens is 264 g/mol. The average molecular weight is 284 g/mol. The van der Waals surface area contributed by atoms with Gasteiger partial charge in [0.25, 0.3) is 0 Å². The summed E-state index contributed by atoms with van der Waals surface area (Å²) in [5.41, 5.74) is -0.0372. The third-order valence-corrected chi connectivity index (χ3v) is 2.42. The molecule has 0 aliphatic rings. The second-order valence-corrected chi connectivity index (χ2v) is 4.17. The van der Waals surface area contributed by atoms with E-state index >= 15 is 0 Å². The van der Waals surface area contributed by atoms with Gasteiger partial charge in [0.15, 0.2) is 6.29 Å². The molecule has 0 saturated carbocycles. The van der Waals surface area contributed by atoms with Crippen LogP contribution in [0.15, 0.2) is 24.3 Å². The van der Waals surface area contributed by atoms with Crippen molar-refractivity contribution in [3.8, 4) is 0 Å². The number of carbonyl (C=O) groups is 2. The first kappa shape index (κ1) is 18.1. The van der Waals surface area contributed by atoms with E-state index in [-0.39, 0.29) is 11.1 Å². The number of aliphatic hydroxyl groups excluding tert-OH is 1. The van der Waals surface area contributed by atoms with Crippen molar-refractivity contribution in [1.29, 1.82) is 0 Å². The van der Waals surface area contributed by atoms with Crippen LogP contribution < -0.4 is 0 Å². The smallest absolute Gasteiger partial charge is 0.335 e. The van der Waals surface area contributed by atoms with Crippen molar-refractivity contribution in [2.45, 2.75) is 38.9 Å². The molecule has 20 heavy (non-hydrogen) atoms. The van der Waals surface area contributed by atoms with Crippen molar-refractivity contribution in [2.75, 3.05) is 0 Å². The molecule has 0 atom stereocenters. The predicted molar refractivity (Wildman–Crippen MR) is 72.7 cm³/mol. The molecule has 0 saturated heterocycles. The maximum absolute atomic E-state index is 10.4. The van der Waals surface area contributed by atoms with E-state index in [1.54, 1.807) is 0 Å². The van der Waals surface area contributed by atoms with E-state index < -0.39 is 18.2 Å². The van der Waals surface area contributed by atoms with E-state index in [2.05, 4.69) is 6.92 Å². The Balaban J connectivity index is 0.000000396. The summed E-state index contributed by atoms with van der Waals surface area (Å²) in [5, 5.41) is 33.7. The summed E-state index contributed by atoms with van der Waals surface area (Å²) in [4.78, 5) is 20.8. The number of rotatable bonds is 6. The van der Waals surface area contributed by atoms with Crippen LogP contribution in [0.5, 0.6) is 0 Å². The number of aromatic carboxylic acids is 2. The van der Waals surface area contributed by atoms with Gasteiger partial charge in [-0.2, -0.15) is 0 Å². The third kappa shape index (κ3) is 8.23. The van der Waals surface area contributed by atoms with Crippen LogP contribution >= 0.6 is 0 Å². The van der Waals surface area contributed by atoms with Crippen LogP contribution in [0.4, 0.5) is 0 Å². The Labute approximate surface area is 117 Å². The molecule has 6 nitrogen and oxygen atoms in total. The second kappa shape index (κ2) is 9.94. The molecule has 6 heteroatoms. The minimum atomic E-state index is -1.13. The lowest BCUT2D eigenvalue weighted by Crippen LogP contribution is -2.02. The van der Waals surface area contributed by atoms with Gasteiger partial charge in [-0.25, -0.2) is 9.59 Å². The average Bonchev–Trinajstić information content (AvgIpc) is 2.39. The Morgan fingerprint density at radius 3 is 1.90 bits per heavy atom. The molecule has 0 aliphatic heterocycles. The SMILES string of the molecule is CCCCCC(O)O.O=C(O)c1cccc(C(=O)O)c1. The zero-order valence-electron chi connectivity index (χ0n) is 11.3. The number of hydrogen-bond donors (Lipinski definition) is 4. The minimum absolute atomic E-state index is 0.0186. The molecule has 0 amide bonds. The van der Waals surface area contributed by atoms with Gasteiger partial charge >= 0.3 is 11.9 Å². The van der Waals surface area contributed by atoms with Gasteiger partial charge in [0, 0.05) is 0 Å². The van der Waals surface area contributed by atoms with Crippen LogP contribution in [0, 0.1) is 0 Å². The largest absolute Gasteiger partial charge is 0.478 e. The van der Waals surface area contributed by atoms with Crippen LogP contribution in [-0.4, -0.2) is 38.7 Å². The van der Waals surface area contributed by atoms with Gasteiger partial charge in [0.1, 0.15) is 0 Å². The normalized spacial score (nSPS) is 9.80. The molecule has 1 rings (SSSR count). The van der Waals surface area contributed by atoms with Gasteiger partial charge in [-0.05, 0) is 31.0 Å². The fourth-order valence-corrected chi connectivity index (χ4v) is 1.36. The lowest BCUT2D eigenvalue weighted by atomic mass is 10.1. The number of aliphatic hydroxyl groups is 2. The third-order valence-electron chi connectivity index (χ3n) is 2.42. The van der Waals surface area contributed by atoms with Crippen LogP contribution in [0.2, 0.25) is 0 Å². The number of hydrogen-bond acceptors (Lipinski definition) is 4. The Morgan fingerprint density at radius 2 is 1.55 bits per heavy atom. The van der Waals surface area contributed by atoms with E-state index in [1.165, 1.54) is 18.2 Å². The summed E-state index contributed by atoms with van der Waals surface area (Å²) in [6.07, 6.45) is 2.58. The molecule has 1 aromatic carbocycles. The van der Waals surface area contributed by atoms with Gasteiger partial charge in [-0.3, -0.25) is 0 Å². The van der Waals surface area contributed by atoms with E-state index in [0.29, 0.717) is 6.42 Å². The van der Waals surface area contributed by atoms with Crippen LogP contribution in [0.3, 0.4) is 0 Å². The zero-order chi connectivity index (χ0) is 15.5. The summed E-state index contributed by atoms with van der Waals surface area (Å²) in [7, 11) is 0. The van der Waals surface area contributed by atoms with Gasteiger partial charge in [-0.15, -0.1) is 0 Å². The van der Waals surface area contributed by atoms with E-state index in [0.717, 1.165) is 25.3 Å². The van der Waals surface area contributed by atoms with E-state index in [1.807, 2.05) is 0 Å². The van der Waals surface area contributed by atoms with Gasteiger partial charge in [-0.1, -0.05) is 25.8 Å². The highest BCUT2D eigenvalue weighted by Crippen LogP contribution is 2.04. The lowest BCUT2D eigenvalue weighted by Gasteiger charge is -1.99. The zero-order valence-corrected chi connectivity index (χ0v) is 11.3. The molecule has 0 fully saturated rings. The van der Waals surface area contributed by atoms with Crippen molar-refractivity contribution in [1.82, 2.24) is 0 Å². The molecule has 112 valence electrons. The molecule has 0 aliphatic carbocycles. The molecular formula is C14H20O6. The summed E-state index contributed by atoms with van der Waals surface area (Å²) in [6, 6.07) is 5.20. The van der Waals surface area contributed by atoms with E-state index in [4.69, 9.17) is 20.4 Å². The maximum atomic E-state index is 10.4. The Hall–Kier alpha value is -1.92. The monoisotopic (exact) mass is 284 g/mol. The summed E-state index contributed by atoms with van der Waals surface area (Å²) >= 11 is 0. The first-order valence-electron chi connectivity index (χ1n) is 6.31. The highest BCUT2D eigenvalue weighted by Gasteiger charge is 2.06. The van der Waals surface area contributed by atoms with Gasteiger partial charge < -0.3 is 20.4 Å². The first-order chi connectivity index (χ1) is 9.38.